The van der Waals surface area contributed by atoms with E-state index in [1.54, 1.807) is 0 Å². The van der Waals surface area contributed by atoms with Gasteiger partial charge in [0.2, 0.25) is 0 Å². The number of likely N-dealkylation sites (N-methyl/N-ethyl adjacent to an activating group) is 1. The Morgan fingerprint density at radius 1 is 1.47 bits per heavy atom. The summed E-state index contributed by atoms with van der Waals surface area (Å²) in [5.74, 6) is -0.276. The molecule has 0 saturated heterocycles. The van der Waals surface area contributed by atoms with E-state index in [4.69, 9.17) is 17.3 Å². The highest BCUT2D eigenvalue weighted by molar-refractivity contribution is 6.30. The van der Waals surface area contributed by atoms with E-state index in [2.05, 4.69) is 0 Å². The number of halogens is 1. The van der Waals surface area contributed by atoms with Crippen LogP contribution in [0.2, 0.25) is 5.02 Å². The lowest BCUT2D eigenvalue weighted by atomic mass is 10.2. The highest BCUT2D eigenvalue weighted by Crippen LogP contribution is 2.08. The van der Waals surface area contributed by atoms with Crippen molar-refractivity contribution in [2.75, 3.05) is 7.05 Å². The number of rotatable bonds is 4. The molecule has 0 aliphatic rings. The molecule has 0 aromatic heterocycles. The van der Waals surface area contributed by atoms with Gasteiger partial charge in [-0.05, 0) is 19.1 Å². The van der Waals surface area contributed by atoms with Crippen molar-refractivity contribution in [2.45, 2.75) is 19.5 Å². The van der Waals surface area contributed by atoms with Crippen LogP contribution in [-0.4, -0.2) is 19.0 Å². The van der Waals surface area contributed by atoms with Crippen molar-refractivity contribution < 1.29 is 9.69 Å². The molecule has 0 aliphatic carbocycles. The van der Waals surface area contributed by atoms with Crippen LogP contribution in [-0.2, 0) is 11.3 Å². The third-order valence-electron chi connectivity index (χ3n) is 2.56. The summed E-state index contributed by atoms with van der Waals surface area (Å²) in [4.78, 5) is 12.0. The number of primary amides is 1. The van der Waals surface area contributed by atoms with Gasteiger partial charge in [-0.1, -0.05) is 23.7 Å². The first-order valence-corrected chi connectivity index (χ1v) is 5.24. The number of nitrogens with one attached hydrogen (secondary N) is 1. The normalized spacial score (nSPS) is 14.6. The van der Waals surface area contributed by atoms with Crippen LogP contribution in [0.1, 0.15) is 12.5 Å². The van der Waals surface area contributed by atoms with Gasteiger partial charge in [-0.3, -0.25) is 4.79 Å². The SMILES string of the molecule is C[C@H](C(N)=O)[NH+](C)Cc1ccc(Cl)cc1. The Morgan fingerprint density at radius 2 is 2.00 bits per heavy atom. The van der Waals surface area contributed by atoms with Crippen molar-refractivity contribution in [1.29, 1.82) is 0 Å². The molecule has 0 spiro atoms. The Morgan fingerprint density at radius 3 is 2.47 bits per heavy atom. The van der Waals surface area contributed by atoms with Crippen molar-refractivity contribution in [2.24, 2.45) is 5.73 Å². The third kappa shape index (κ3) is 3.53. The van der Waals surface area contributed by atoms with Gasteiger partial charge in [0, 0.05) is 10.6 Å². The number of carbonyl (C=O) groups is 1. The van der Waals surface area contributed by atoms with Gasteiger partial charge in [0.25, 0.3) is 5.91 Å². The number of nitrogens with two attached hydrogens (primary N) is 1. The average molecular weight is 228 g/mol. The van der Waals surface area contributed by atoms with Gasteiger partial charge in [-0.25, -0.2) is 0 Å². The average Bonchev–Trinajstić information content (AvgIpc) is 2.20. The van der Waals surface area contributed by atoms with E-state index in [0.717, 1.165) is 22.0 Å². The molecule has 0 bridgehead atoms. The molecule has 1 amide bonds. The van der Waals surface area contributed by atoms with Gasteiger partial charge in [-0.15, -0.1) is 0 Å². The van der Waals surface area contributed by atoms with Crippen LogP contribution in [0.15, 0.2) is 24.3 Å². The molecule has 4 heteroatoms. The lowest BCUT2D eigenvalue weighted by molar-refractivity contribution is -0.908. The fraction of sp³-hybridized carbons (Fsp3) is 0.364. The molecule has 0 heterocycles. The number of benzene rings is 1. The fourth-order valence-electron chi connectivity index (χ4n) is 1.32. The van der Waals surface area contributed by atoms with Crippen LogP contribution >= 0.6 is 11.6 Å². The van der Waals surface area contributed by atoms with Gasteiger partial charge in [0.1, 0.15) is 6.54 Å². The van der Waals surface area contributed by atoms with Gasteiger partial charge < -0.3 is 10.6 Å². The lowest BCUT2D eigenvalue weighted by Crippen LogP contribution is -3.12. The fourth-order valence-corrected chi connectivity index (χ4v) is 1.45. The maximum atomic E-state index is 11.0. The second kappa shape index (κ2) is 5.14. The van der Waals surface area contributed by atoms with E-state index in [1.807, 2.05) is 38.2 Å². The number of quaternary nitrogens is 1. The van der Waals surface area contributed by atoms with E-state index in [-0.39, 0.29) is 11.9 Å². The van der Waals surface area contributed by atoms with E-state index >= 15 is 0 Å². The van der Waals surface area contributed by atoms with Crippen LogP contribution in [0.5, 0.6) is 0 Å². The summed E-state index contributed by atoms with van der Waals surface area (Å²) in [5, 5.41) is 0.722. The smallest absolute Gasteiger partial charge is 0.275 e. The van der Waals surface area contributed by atoms with Crippen molar-refractivity contribution in [1.82, 2.24) is 0 Å². The molecule has 2 atom stereocenters. The predicted octanol–water partition coefficient (Wildman–Crippen LogP) is 0.229. The first-order chi connectivity index (χ1) is 7.00. The Hall–Kier alpha value is -1.06. The van der Waals surface area contributed by atoms with Crippen molar-refractivity contribution >= 4 is 17.5 Å². The van der Waals surface area contributed by atoms with E-state index < -0.39 is 0 Å². The summed E-state index contributed by atoms with van der Waals surface area (Å²) in [7, 11) is 1.95. The third-order valence-corrected chi connectivity index (χ3v) is 2.81. The maximum absolute atomic E-state index is 11.0. The Bertz CT molecular complexity index is 337. The molecular weight excluding hydrogens is 212 g/mol. The van der Waals surface area contributed by atoms with Crippen molar-refractivity contribution in [3.05, 3.63) is 34.9 Å². The first kappa shape index (κ1) is 12.0. The molecule has 1 unspecified atom stereocenters. The van der Waals surface area contributed by atoms with Crippen LogP contribution < -0.4 is 10.6 Å². The molecule has 0 saturated carbocycles. The largest absolute Gasteiger partial charge is 0.365 e. The molecule has 82 valence electrons. The molecule has 0 fully saturated rings. The molecule has 3 nitrogen and oxygen atoms in total. The van der Waals surface area contributed by atoms with Crippen molar-refractivity contribution in [3.8, 4) is 0 Å². The monoisotopic (exact) mass is 227 g/mol. The number of hydrogen-bond acceptors (Lipinski definition) is 1. The van der Waals surface area contributed by atoms with Crippen LogP contribution in [0, 0.1) is 0 Å². The second-order valence-electron chi connectivity index (χ2n) is 3.77. The van der Waals surface area contributed by atoms with E-state index in [1.165, 1.54) is 0 Å². The lowest BCUT2D eigenvalue weighted by Gasteiger charge is -2.18. The van der Waals surface area contributed by atoms with Crippen LogP contribution in [0.4, 0.5) is 0 Å². The zero-order chi connectivity index (χ0) is 11.4. The summed E-state index contributed by atoms with van der Waals surface area (Å²) in [6, 6.07) is 7.43. The van der Waals surface area contributed by atoms with E-state index in [0.29, 0.717) is 0 Å². The minimum atomic E-state index is -0.276. The zero-order valence-corrected chi connectivity index (χ0v) is 9.71. The first-order valence-electron chi connectivity index (χ1n) is 4.86. The Kier molecular flexibility index (Phi) is 4.12. The Balaban J connectivity index is 2.62. The highest BCUT2D eigenvalue weighted by atomic mass is 35.5. The molecule has 0 aliphatic heterocycles. The summed E-state index contributed by atoms with van der Waals surface area (Å²) in [6.07, 6.45) is 0. The van der Waals surface area contributed by atoms with Crippen molar-refractivity contribution in [3.63, 3.8) is 0 Å². The number of hydrogen-bond donors (Lipinski definition) is 2. The van der Waals surface area contributed by atoms with E-state index in [9.17, 15) is 4.79 Å². The summed E-state index contributed by atoms with van der Waals surface area (Å²) < 4.78 is 0. The van der Waals surface area contributed by atoms with Crippen LogP contribution in [0.25, 0.3) is 0 Å². The number of amides is 1. The van der Waals surface area contributed by atoms with Gasteiger partial charge in [0.15, 0.2) is 6.04 Å². The van der Waals surface area contributed by atoms with Gasteiger partial charge in [-0.2, -0.15) is 0 Å². The quantitative estimate of drug-likeness (QED) is 0.760. The standard InChI is InChI=1S/C11H15ClN2O/c1-8(11(13)15)14(2)7-9-3-5-10(12)6-4-9/h3-6,8H,7H2,1-2H3,(H2,13,15)/p+1/t8-/m1/s1. The second-order valence-corrected chi connectivity index (χ2v) is 4.21. The molecular formula is C11H16ClN2O+. The topological polar surface area (TPSA) is 47.5 Å². The highest BCUT2D eigenvalue weighted by Gasteiger charge is 2.18. The molecule has 1 aromatic carbocycles. The minimum Gasteiger partial charge on any atom is -0.365 e. The summed E-state index contributed by atoms with van der Waals surface area (Å²) in [6.45, 7) is 2.59. The zero-order valence-electron chi connectivity index (χ0n) is 8.96. The minimum absolute atomic E-state index is 0.180. The predicted molar refractivity (Wildman–Crippen MR) is 60.7 cm³/mol. The van der Waals surface area contributed by atoms with Gasteiger partial charge >= 0.3 is 0 Å². The molecule has 0 radical (unpaired) electrons. The van der Waals surface area contributed by atoms with Gasteiger partial charge in [0.05, 0.1) is 7.05 Å². The molecule has 15 heavy (non-hydrogen) atoms. The molecule has 1 rings (SSSR count). The Labute approximate surface area is 94.8 Å². The maximum Gasteiger partial charge on any atom is 0.275 e. The number of carbonyl (C=O) groups excluding carboxylic acids is 1. The molecule has 3 N–H and O–H groups in total. The molecule has 1 aromatic rings. The van der Waals surface area contributed by atoms with Crippen LogP contribution in [0.3, 0.4) is 0 Å². The summed E-state index contributed by atoms with van der Waals surface area (Å²) >= 11 is 5.78. The summed E-state index contributed by atoms with van der Waals surface area (Å²) in [5.41, 5.74) is 6.38.